The molecule has 6 aromatic heterocycles. The van der Waals surface area contributed by atoms with Crippen LogP contribution in [-0.2, 0) is 9.59 Å². The van der Waals surface area contributed by atoms with Gasteiger partial charge in [0.15, 0.2) is 17.9 Å². The van der Waals surface area contributed by atoms with Crippen molar-refractivity contribution in [3.8, 4) is 11.5 Å². The van der Waals surface area contributed by atoms with Crippen molar-refractivity contribution >= 4 is 59.0 Å². The zero-order valence-electron chi connectivity index (χ0n) is 35.3. The van der Waals surface area contributed by atoms with Gasteiger partial charge in [0.05, 0.1) is 25.6 Å². The second-order valence-corrected chi connectivity index (χ2v) is 14.4. The van der Waals surface area contributed by atoms with Crippen molar-refractivity contribution in [2.75, 3.05) is 90.5 Å². The molecule has 0 N–H and O–H groups in total. The molecule has 0 amide bonds. The van der Waals surface area contributed by atoms with Crippen molar-refractivity contribution in [1.29, 1.82) is 0 Å². The fourth-order valence-corrected chi connectivity index (χ4v) is 6.73. The summed E-state index contributed by atoms with van der Waals surface area (Å²) in [7, 11) is 7.38. The van der Waals surface area contributed by atoms with Gasteiger partial charge in [-0.15, -0.1) is 0 Å². The summed E-state index contributed by atoms with van der Waals surface area (Å²) in [6.07, 6.45) is 17.5. The van der Waals surface area contributed by atoms with E-state index in [0.29, 0.717) is 29.2 Å². The van der Waals surface area contributed by atoms with Crippen LogP contribution in [0, 0.1) is 0 Å². The van der Waals surface area contributed by atoms with Gasteiger partial charge in [0.25, 0.3) is 0 Å². The molecule has 0 saturated carbocycles. The molecule has 0 unspecified atom stereocenters. The van der Waals surface area contributed by atoms with E-state index >= 15 is 0 Å². The summed E-state index contributed by atoms with van der Waals surface area (Å²) in [6, 6.07) is 19.3. The second-order valence-electron chi connectivity index (χ2n) is 14.4. The van der Waals surface area contributed by atoms with Crippen LogP contribution in [0.2, 0.25) is 0 Å². The molecule has 2 aliphatic heterocycles. The van der Waals surface area contributed by atoms with Crippen LogP contribution in [0.15, 0.2) is 104 Å². The van der Waals surface area contributed by atoms with E-state index in [0.717, 1.165) is 86.7 Å². The molecule has 2 fully saturated rings. The monoisotopic (exact) mass is 824 g/mol. The van der Waals surface area contributed by atoms with Gasteiger partial charge in [-0.25, -0.2) is 15.0 Å². The number of ether oxygens (including phenoxy) is 2. The van der Waals surface area contributed by atoms with Crippen molar-refractivity contribution in [2.24, 2.45) is 0 Å². The van der Waals surface area contributed by atoms with E-state index < -0.39 is 0 Å². The topological polar surface area (TPSA) is 143 Å². The number of pyridine rings is 4. The number of hydrogen-bond donors (Lipinski definition) is 0. The lowest BCUT2D eigenvalue weighted by Gasteiger charge is -2.34. The fourth-order valence-electron chi connectivity index (χ4n) is 6.73. The Kier molecular flexibility index (Phi) is 15.3. The average molecular weight is 825 g/mol. The largest absolute Gasteiger partial charge is 0.494 e. The van der Waals surface area contributed by atoms with Crippen LogP contribution < -0.4 is 19.3 Å². The molecule has 0 bridgehead atoms. The zero-order chi connectivity index (χ0) is 43.1. The number of imidazole rings is 2. The maximum Gasteiger partial charge on any atom is 0.178 e. The van der Waals surface area contributed by atoms with E-state index in [-0.39, 0.29) is 11.6 Å². The molecular weight excluding hydrogens is 773 g/mol. The first-order chi connectivity index (χ1) is 29.6. The lowest BCUT2D eigenvalue weighted by atomic mass is 10.2. The number of ketones is 2. The summed E-state index contributed by atoms with van der Waals surface area (Å²) >= 11 is 0. The van der Waals surface area contributed by atoms with Gasteiger partial charge in [0.2, 0.25) is 0 Å². The lowest BCUT2D eigenvalue weighted by Crippen LogP contribution is -2.45. The number of nitrogens with zero attached hydrogens (tertiary/aromatic N) is 10. The number of likely N-dealkylation sites (N-methyl/N-ethyl adjacent to an activating group) is 2. The molecular formula is C46H52N10O5. The molecule has 61 heavy (non-hydrogen) atoms. The van der Waals surface area contributed by atoms with Gasteiger partial charge in [0, 0.05) is 77.1 Å². The number of anilines is 2. The van der Waals surface area contributed by atoms with E-state index in [1.807, 2.05) is 42.7 Å². The Morgan fingerprint density at radius 2 is 1.05 bits per heavy atom. The van der Waals surface area contributed by atoms with E-state index in [4.69, 9.17) is 9.47 Å². The van der Waals surface area contributed by atoms with Crippen molar-refractivity contribution in [1.82, 2.24) is 38.5 Å². The van der Waals surface area contributed by atoms with Crippen LogP contribution in [0.5, 0.6) is 11.5 Å². The van der Waals surface area contributed by atoms with Gasteiger partial charge >= 0.3 is 0 Å². The SMILES string of the molecule is CC(=O)/C=C/c1cn2c(N3CCN(C)CC3)cccc2n1.COc1cccnc1/C=C/C(=O)/C=C/c1cn2c(N3CCN(C)CC3)cccc2n1.COc1cccnc1C=O. The lowest BCUT2D eigenvalue weighted by molar-refractivity contribution is -0.112. The second kappa shape index (κ2) is 21.3. The average Bonchev–Trinajstić information content (AvgIpc) is 3.92. The first-order valence-electron chi connectivity index (χ1n) is 20.0. The molecule has 8 heterocycles. The number of aromatic nitrogens is 6. The number of piperazine rings is 2. The first-order valence-corrected chi connectivity index (χ1v) is 20.0. The van der Waals surface area contributed by atoms with Crippen LogP contribution in [-0.4, -0.2) is 137 Å². The smallest absolute Gasteiger partial charge is 0.178 e. The van der Waals surface area contributed by atoms with Crippen LogP contribution >= 0.6 is 0 Å². The Labute approximate surface area is 355 Å². The summed E-state index contributed by atoms with van der Waals surface area (Å²) in [5.74, 6) is 3.32. The van der Waals surface area contributed by atoms with E-state index in [9.17, 15) is 14.4 Å². The summed E-state index contributed by atoms with van der Waals surface area (Å²) < 4.78 is 14.3. The minimum Gasteiger partial charge on any atom is -0.494 e. The molecule has 2 aliphatic rings. The third-order valence-corrected chi connectivity index (χ3v) is 10.1. The first kappa shape index (κ1) is 43.6. The summed E-state index contributed by atoms with van der Waals surface area (Å²) in [5.41, 5.74) is 4.29. The van der Waals surface area contributed by atoms with Crippen LogP contribution in [0.25, 0.3) is 29.5 Å². The molecule has 8 rings (SSSR count). The molecule has 0 spiro atoms. The van der Waals surface area contributed by atoms with E-state index in [1.54, 1.807) is 68.9 Å². The van der Waals surface area contributed by atoms with Crippen LogP contribution in [0.4, 0.5) is 11.6 Å². The number of aldehydes is 1. The highest BCUT2D eigenvalue weighted by molar-refractivity contribution is 6.04. The minimum atomic E-state index is -0.140. The van der Waals surface area contributed by atoms with E-state index in [2.05, 4.69) is 74.6 Å². The number of rotatable bonds is 11. The quantitative estimate of drug-likeness (QED) is 0.122. The molecule has 15 nitrogen and oxygen atoms in total. The third-order valence-electron chi connectivity index (χ3n) is 10.1. The Morgan fingerprint density at radius 1 is 0.590 bits per heavy atom. The van der Waals surface area contributed by atoms with Gasteiger partial charge in [-0.3, -0.25) is 28.2 Å². The van der Waals surface area contributed by atoms with Gasteiger partial charge in [0.1, 0.15) is 45.8 Å². The minimum absolute atomic E-state index is 0.0337. The van der Waals surface area contributed by atoms with Crippen molar-refractivity contribution in [2.45, 2.75) is 6.92 Å². The van der Waals surface area contributed by atoms with Gasteiger partial charge in [-0.2, -0.15) is 0 Å². The van der Waals surface area contributed by atoms with Gasteiger partial charge < -0.3 is 29.1 Å². The Morgan fingerprint density at radius 3 is 1.51 bits per heavy atom. The Bertz CT molecular complexity index is 2510. The van der Waals surface area contributed by atoms with Crippen molar-refractivity contribution < 1.29 is 23.9 Å². The summed E-state index contributed by atoms with van der Waals surface area (Å²) in [6.45, 7) is 9.78. The maximum atomic E-state index is 12.3. The highest BCUT2D eigenvalue weighted by Crippen LogP contribution is 2.22. The molecule has 0 radical (unpaired) electrons. The molecule has 0 aromatic carbocycles. The maximum absolute atomic E-state index is 12.3. The van der Waals surface area contributed by atoms with Gasteiger partial charge in [-0.05, 0) is 106 Å². The zero-order valence-corrected chi connectivity index (χ0v) is 35.3. The normalized spacial score (nSPS) is 14.9. The number of fused-ring (bicyclic) bond motifs is 2. The molecule has 6 aromatic rings. The molecule has 0 aliphatic carbocycles. The highest BCUT2D eigenvalue weighted by Gasteiger charge is 2.18. The number of hydrogen-bond acceptors (Lipinski definition) is 13. The predicted octanol–water partition coefficient (Wildman–Crippen LogP) is 5.38. The Hall–Kier alpha value is -6.97. The molecule has 316 valence electrons. The standard InChI is InChI=1S/C23H25N5O2.C16H20N4O.C7H7NO2/c1-26-13-15-27(16-14-26)23-7-3-6-22-25-18(17-28(22)23)8-9-19(29)10-11-20-21(30-2)5-4-12-24-20;1-13(21)6-7-14-12-20-15(17-14)4-3-5-16(20)19-10-8-18(2)9-11-19;1-10-7-3-2-4-8-6(7)5-9/h3-12,17H,13-16H2,1-2H3;3-7,12H,8-11H2,1-2H3;2-5H,1H3/b9-8+,11-10+;7-6+;. The molecule has 2 saturated heterocycles. The molecule has 15 heteroatoms. The van der Waals surface area contributed by atoms with Crippen molar-refractivity contribution in [3.63, 3.8) is 0 Å². The fraction of sp³-hybridized carbons (Fsp3) is 0.283. The van der Waals surface area contributed by atoms with Crippen LogP contribution in [0.1, 0.15) is 34.5 Å². The third kappa shape index (κ3) is 11.8. The van der Waals surface area contributed by atoms with E-state index in [1.165, 1.54) is 19.3 Å². The number of carbonyl (C=O) groups is 3. The Balaban J connectivity index is 0.000000173. The van der Waals surface area contributed by atoms with Crippen molar-refractivity contribution in [3.05, 3.63) is 126 Å². The number of methoxy groups -OCH3 is 2. The summed E-state index contributed by atoms with van der Waals surface area (Å²) in [4.78, 5) is 60.1. The molecule has 0 atom stereocenters. The summed E-state index contributed by atoms with van der Waals surface area (Å²) in [5, 5.41) is 0. The number of carbonyl (C=O) groups excluding carboxylic acids is 3. The van der Waals surface area contributed by atoms with Gasteiger partial charge in [-0.1, -0.05) is 12.1 Å². The predicted molar refractivity (Wildman–Crippen MR) is 240 cm³/mol. The highest BCUT2D eigenvalue weighted by atomic mass is 16.5. The number of allylic oxidation sites excluding steroid dienone is 3. The van der Waals surface area contributed by atoms with Crippen LogP contribution in [0.3, 0.4) is 0 Å².